The number of imide groups is 1. The topological polar surface area (TPSA) is 66.5 Å². The van der Waals surface area contributed by atoms with Crippen LogP contribution in [0.4, 0.5) is 10.5 Å². The molecule has 3 amide bonds. The summed E-state index contributed by atoms with van der Waals surface area (Å²) in [5, 5.41) is 4.54. The molecule has 1 N–H and O–H groups in total. The van der Waals surface area contributed by atoms with Crippen molar-refractivity contribution in [1.82, 2.24) is 4.90 Å². The van der Waals surface area contributed by atoms with Gasteiger partial charge in [0.1, 0.15) is 6.29 Å². The minimum Gasteiger partial charge on any atom is -0.307 e. The monoisotopic (exact) mass is 358 g/mol. The summed E-state index contributed by atoms with van der Waals surface area (Å²) in [6.45, 7) is -0.325. The highest BCUT2D eigenvalue weighted by atomic mass is 16.2. The maximum atomic E-state index is 12.6. The lowest BCUT2D eigenvalue weighted by Gasteiger charge is -2.18. The predicted octanol–water partition coefficient (Wildman–Crippen LogP) is 4.11. The van der Waals surface area contributed by atoms with Crippen molar-refractivity contribution in [2.24, 2.45) is 0 Å². The summed E-state index contributed by atoms with van der Waals surface area (Å²) in [5.74, 6) is -0.566. The molecule has 5 nitrogen and oxygen atoms in total. The second-order valence-electron chi connectivity index (χ2n) is 5.82. The molecule has 3 aromatic rings. The Hall–Kier alpha value is -3.73. The van der Waals surface area contributed by atoms with Gasteiger partial charge in [0.25, 0.3) is 5.91 Å². The average Bonchev–Trinajstić information content (AvgIpc) is 2.71. The number of anilines is 1. The van der Waals surface area contributed by atoms with Crippen LogP contribution in [0.2, 0.25) is 0 Å². The molecule has 0 heterocycles. The highest BCUT2D eigenvalue weighted by Gasteiger charge is 2.19. The molecule has 0 aliphatic carbocycles. The van der Waals surface area contributed by atoms with Gasteiger partial charge in [0.15, 0.2) is 0 Å². The molecule has 0 radical (unpaired) electrons. The van der Waals surface area contributed by atoms with Gasteiger partial charge in [-0.25, -0.2) is 4.79 Å². The lowest BCUT2D eigenvalue weighted by atomic mass is 10.1. The molecule has 0 spiro atoms. The maximum absolute atomic E-state index is 12.6. The summed E-state index contributed by atoms with van der Waals surface area (Å²) in [5.41, 5.74) is 1.40. The second-order valence-corrected chi connectivity index (χ2v) is 5.82. The van der Waals surface area contributed by atoms with E-state index in [4.69, 9.17) is 0 Å². The first-order valence-corrected chi connectivity index (χ1v) is 8.46. The highest BCUT2D eigenvalue weighted by Crippen LogP contribution is 2.23. The fourth-order valence-corrected chi connectivity index (χ4v) is 2.69. The van der Waals surface area contributed by atoms with Gasteiger partial charge in [-0.3, -0.25) is 9.69 Å². The summed E-state index contributed by atoms with van der Waals surface area (Å²) < 4.78 is 0. The SMILES string of the molecule is O=CCN(C(=O)/C=C/c1ccccc1)C(=O)Nc1cccc2ccccc12. The number of aldehydes is 1. The zero-order chi connectivity index (χ0) is 19.1. The quantitative estimate of drug-likeness (QED) is 0.551. The van der Waals surface area contributed by atoms with Crippen LogP contribution in [-0.2, 0) is 9.59 Å². The van der Waals surface area contributed by atoms with Gasteiger partial charge in [-0.05, 0) is 23.1 Å². The van der Waals surface area contributed by atoms with E-state index >= 15 is 0 Å². The lowest BCUT2D eigenvalue weighted by Crippen LogP contribution is -2.40. The van der Waals surface area contributed by atoms with E-state index in [1.54, 1.807) is 12.1 Å². The molecule has 0 saturated carbocycles. The molecular formula is C22H18N2O3. The van der Waals surface area contributed by atoms with E-state index in [-0.39, 0.29) is 6.54 Å². The Balaban J connectivity index is 1.79. The van der Waals surface area contributed by atoms with Crippen molar-refractivity contribution in [2.75, 3.05) is 11.9 Å². The summed E-state index contributed by atoms with van der Waals surface area (Å²) in [6.07, 6.45) is 3.41. The molecule has 0 aliphatic heterocycles. The number of hydrogen-bond acceptors (Lipinski definition) is 3. The molecular weight excluding hydrogens is 340 g/mol. The normalized spacial score (nSPS) is 10.7. The molecule has 134 valence electrons. The third-order valence-electron chi connectivity index (χ3n) is 4.02. The molecule has 0 bridgehead atoms. The minimum absolute atomic E-state index is 0.325. The van der Waals surface area contributed by atoms with Gasteiger partial charge >= 0.3 is 6.03 Å². The fourth-order valence-electron chi connectivity index (χ4n) is 2.69. The maximum Gasteiger partial charge on any atom is 0.329 e. The van der Waals surface area contributed by atoms with Crippen LogP contribution in [0.1, 0.15) is 5.56 Å². The van der Waals surface area contributed by atoms with E-state index in [9.17, 15) is 14.4 Å². The number of amides is 3. The molecule has 27 heavy (non-hydrogen) atoms. The molecule has 0 saturated heterocycles. The Labute approximate surface area is 156 Å². The van der Waals surface area contributed by atoms with Gasteiger partial charge in [-0.2, -0.15) is 0 Å². The van der Waals surface area contributed by atoms with Gasteiger partial charge in [0.2, 0.25) is 0 Å². The molecule has 5 heteroatoms. The molecule has 0 atom stereocenters. The summed E-state index contributed by atoms with van der Waals surface area (Å²) in [7, 11) is 0. The smallest absolute Gasteiger partial charge is 0.307 e. The molecule has 0 unspecified atom stereocenters. The predicted molar refractivity (Wildman–Crippen MR) is 106 cm³/mol. The van der Waals surface area contributed by atoms with Crippen LogP contribution in [-0.4, -0.2) is 29.7 Å². The highest BCUT2D eigenvalue weighted by molar-refractivity contribution is 6.10. The fraction of sp³-hybridized carbons (Fsp3) is 0.0455. The number of benzene rings is 3. The second kappa shape index (κ2) is 8.58. The van der Waals surface area contributed by atoms with Gasteiger partial charge in [0, 0.05) is 11.5 Å². The van der Waals surface area contributed by atoms with Gasteiger partial charge in [-0.1, -0.05) is 66.7 Å². The first kappa shape index (κ1) is 18.1. The number of fused-ring (bicyclic) bond motifs is 1. The van der Waals surface area contributed by atoms with Crippen LogP contribution in [0.15, 0.2) is 78.9 Å². The van der Waals surface area contributed by atoms with E-state index in [0.29, 0.717) is 12.0 Å². The summed E-state index contributed by atoms with van der Waals surface area (Å²) in [6, 6.07) is 21.7. The Morgan fingerprint density at radius 1 is 0.889 bits per heavy atom. The molecule has 3 aromatic carbocycles. The molecule has 0 aliphatic rings. The van der Waals surface area contributed by atoms with E-state index in [2.05, 4.69) is 5.32 Å². The number of rotatable bonds is 5. The van der Waals surface area contributed by atoms with Crippen molar-refractivity contribution in [3.8, 4) is 0 Å². The number of hydrogen-bond donors (Lipinski definition) is 1. The van der Waals surface area contributed by atoms with Crippen molar-refractivity contribution >= 4 is 40.8 Å². The minimum atomic E-state index is -0.652. The third-order valence-corrected chi connectivity index (χ3v) is 4.02. The van der Waals surface area contributed by atoms with Crippen molar-refractivity contribution in [3.05, 3.63) is 84.4 Å². The number of nitrogens with one attached hydrogen (secondary N) is 1. The lowest BCUT2D eigenvalue weighted by molar-refractivity contribution is -0.125. The Kier molecular flexibility index (Phi) is 5.74. The average molecular weight is 358 g/mol. The van der Waals surface area contributed by atoms with Crippen molar-refractivity contribution < 1.29 is 14.4 Å². The van der Waals surface area contributed by atoms with Crippen LogP contribution in [0.5, 0.6) is 0 Å². The van der Waals surface area contributed by atoms with E-state index < -0.39 is 11.9 Å². The Morgan fingerprint density at radius 3 is 2.37 bits per heavy atom. The van der Waals surface area contributed by atoms with E-state index in [1.165, 1.54) is 6.08 Å². The standard InChI is InChI=1S/C22H18N2O3/c25-16-15-24(21(26)14-13-17-7-2-1-3-8-17)22(27)23-20-12-6-10-18-9-4-5-11-19(18)20/h1-14,16H,15H2,(H,23,27)/b14-13+. The zero-order valence-electron chi connectivity index (χ0n) is 14.5. The Morgan fingerprint density at radius 2 is 1.59 bits per heavy atom. The number of nitrogens with zero attached hydrogens (tertiary/aromatic N) is 1. The number of carbonyl (C=O) groups excluding carboxylic acids is 3. The van der Waals surface area contributed by atoms with Crippen molar-refractivity contribution in [1.29, 1.82) is 0 Å². The van der Waals surface area contributed by atoms with E-state index in [0.717, 1.165) is 21.2 Å². The van der Waals surface area contributed by atoms with Crippen molar-refractivity contribution in [3.63, 3.8) is 0 Å². The largest absolute Gasteiger partial charge is 0.329 e. The van der Waals surface area contributed by atoms with E-state index in [1.807, 2.05) is 66.7 Å². The van der Waals surface area contributed by atoms with Gasteiger partial charge in [0.05, 0.1) is 12.2 Å². The van der Waals surface area contributed by atoms with Gasteiger partial charge in [-0.15, -0.1) is 0 Å². The molecule has 0 fully saturated rings. The molecule has 0 aromatic heterocycles. The first-order valence-electron chi connectivity index (χ1n) is 8.46. The number of urea groups is 1. The zero-order valence-corrected chi connectivity index (χ0v) is 14.5. The molecule has 3 rings (SSSR count). The van der Waals surface area contributed by atoms with Crippen LogP contribution < -0.4 is 5.32 Å². The third kappa shape index (κ3) is 4.46. The number of carbonyl (C=O) groups is 3. The van der Waals surface area contributed by atoms with Crippen LogP contribution in [0.25, 0.3) is 16.8 Å². The summed E-state index contributed by atoms with van der Waals surface area (Å²) in [4.78, 5) is 36.9. The van der Waals surface area contributed by atoms with Crippen LogP contribution >= 0.6 is 0 Å². The van der Waals surface area contributed by atoms with Crippen LogP contribution in [0.3, 0.4) is 0 Å². The first-order chi connectivity index (χ1) is 13.2. The van der Waals surface area contributed by atoms with Crippen molar-refractivity contribution in [2.45, 2.75) is 0 Å². The Bertz CT molecular complexity index is 991. The summed E-state index contributed by atoms with van der Waals surface area (Å²) >= 11 is 0. The van der Waals surface area contributed by atoms with Gasteiger partial charge < -0.3 is 10.1 Å². The van der Waals surface area contributed by atoms with Crippen LogP contribution in [0, 0.1) is 0 Å².